The molecule has 0 aliphatic carbocycles. The number of rotatable bonds is 4. The maximum absolute atomic E-state index is 13.7. The maximum Gasteiger partial charge on any atom is 0.272 e. The summed E-state index contributed by atoms with van der Waals surface area (Å²) in [5.74, 6) is 0.00449. The second kappa shape index (κ2) is 9.68. The van der Waals surface area contributed by atoms with Crippen molar-refractivity contribution in [3.05, 3.63) is 107 Å². The molecule has 202 valence electrons. The molecule has 7 rings (SSSR count). The number of nitrogens with zero attached hydrogens (tertiary/aromatic N) is 2. The molecule has 1 unspecified atom stereocenters. The fourth-order valence-corrected chi connectivity index (χ4v) is 6.55. The van der Waals surface area contributed by atoms with Crippen LogP contribution in [0.15, 0.2) is 84.7 Å². The van der Waals surface area contributed by atoms with Crippen LogP contribution in [0, 0.1) is 5.92 Å². The standard InChI is InChI=1S/C33H32N4O3/c1-3-4-10-29-32(38)35-28-17-24-23(19-30(28)37(29)20(2)21-12-15-40-16-13-21)31-25-18-27(22-8-6-5-7-9-22)34-26(25)11-14-36(31)33(24)39/h3-10,17-19,21,31,34H,2,11-16H2,1H3,(H,35,38)/b4-3-,29-10-. The van der Waals surface area contributed by atoms with Gasteiger partial charge in [-0.3, -0.25) is 9.59 Å². The Morgan fingerprint density at radius 2 is 1.88 bits per heavy atom. The van der Waals surface area contributed by atoms with Crippen LogP contribution in [0.3, 0.4) is 0 Å². The maximum atomic E-state index is 13.7. The number of hydrogen-bond acceptors (Lipinski definition) is 4. The monoisotopic (exact) mass is 532 g/mol. The Balaban J connectivity index is 1.36. The van der Waals surface area contributed by atoms with Gasteiger partial charge in [0.05, 0.1) is 17.4 Å². The lowest BCUT2D eigenvalue weighted by molar-refractivity contribution is -0.113. The van der Waals surface area contributed by atoms with Gasteiger partial charge in [0.15, 0.2) is 0 Å². The number of H-pyrrole nitrogens is 1. The summed E-state index contributed by atoms with van der Waals surface area (Å²) >= 11 is 0. The van der Waals surface area contributed by atoms with E-state index in [0.29, 0.717) is 36.7 Å². The Labute approximate surface area is 233 Å². The minimum Gasteiger partial charge on any atom is -0.381 e. The number of ether oxygens (including phenoxy) is 1. The van der Waals surface area contributed by atoms with Crippen LogP contribution >= 0.6 is 0 Å². The van der Waals surface area contributed by atoms with E-state index in [1.165, 1.54) is 5.69 Å². The zero-order valence-corrected chi connectivity index (χ0v) is 22.6. The molecule has 1 fully saturated rings. The van der Waals surface area contributed by atoms with Gasteiger partial charge in [0.2, 0.25) is 0 Å². The molecule has 0 bridgehead atoms. The van der Waals surface area contributed by atoms with E-state index in [1.54, 1.807) is 0 Å². The van der Waals surface area contributed by atoms with Crippen LogP contribution in [0.1, 0.15) is 53.0 Å². The van der Waals surface area contributed by atoms with Crippen molar-refractivity contribution >= 4 is 23.2 Å². The van der Waals surface area contributed by atoms with Gasteiger partial charge in [-0.2, -0.15) is 0 Å². The van der Waals surface area contributed by atoms with Crippen LogP contribution < -0.4 is 10.2 Å². The van der Waals surface area contributed by atoms with Crippen molar-refractivity contribution < 1.29 is 14.3 Å². The summed E-state index contributed by atoms with van der Waals surface area (Å²) in [5, 5.41) is 3.06. The van der Waals surface area contributed by atoms with Gasteiger partial charge < -0.3 is 24.8 Å². The molecule has 1 aromatic heterocycles. The van der Waals surface area contributed by atoms with Crippen LogP contribution in [-0.4, -0.2) is 41.5 Å². The van der Waals surface area contributed by atoms with Crippen molar-refractivity contribution in [2.45, 2.75) is 32.2 Å². The van der Waals surface area contributed by atoms with Gasteiger partial charge in [-0.15, -0.1) is 0 Å². The summed E-state index contributed by atoms with van der Waals surface area (Å²) in [4.78, 5) is 34.7. The Morgan fingerprint density at radius 3 is 2.65 bits per heavy atom. The van der Waals surface area contributed by atoms with E-state index in [4.69, 9.17) is 4.74 Å². The highest BCUT2D eigenvalue weighted by Gasteiger charge is 2.44. The topological polar surface area (TPSA) is 77.7 Å². The van der Waals surface area contributed by atoms with Crippen molar-refractivity contribution in [2.24, 2.45) is 5.92 Å². The van der Waals surface area contributed by atoms with E-state index >= 15 is 0 Å². The smallest absolute Gasteiger partial charge is 0.272 e. The molecule has 2 N–H and O–H groups in total. The van der Waals surface area contributed by atoms with Gasteiger partial charge in [-0.05, 0) is 55.2 Å². The molecule has 3 aromatic rings. The normalized spacial score (nSPS) is 21.3. The fourth-order valence-electron chi connectivity index (χ4n) is 6.55. The molecule has 0 saturated carbocycles. The predicted octanol–water partition coefficient (Wildman–Crippen LogP) is 5.94. The number of carbonyl (C=O) groups excluding carboxylic acids is 2. The first kappa shape index (κ1) is 24.7. The van der Waals surface area contributed by atoms with Crippen molar-refractivity contribution in [3.63, 3.8) is 0 Å². The van der Waals surface area contributed by atoms with E-state index < -0.39 is 0 Å². The zero-order chi connectivity index (χ0) is 27.4. The van der Waals surface area contributed by atoms with Crippen molar-refractivity contribution in [2.75, 3.05) is 30.0 Å². The molecule has 1 atom stereocenters. The number of carbonyl (C=O) groups is 2. The van der Waals surface area contributed by atoms with E-state index in [1.807, 2.05) is 59.2 Å². The number of aromatic nitrogens is 1. The molecular formula is C33H32N4O3. The van der Waals surface area contributed by atoms with Gasteiger partial charge in [-0.25, -0.2) is 0 Å². The number of nitrogens with one attached hydrogen (secondary N) is 2. The third-order valence-corrected chi connectivity index (χ3v) is 8.57. The van der Waals surface area contributed by atoms with Gasteiger partial charge in [0, 0.05) is 60.3 Å². The molecule has 40 heavy (non-hydrogen) atoms. The van der Waals surface area contributed by atoms with E-state index in [2.05, 4.69) is 41.1 Å². The minimum absolute atomic E-state index is 0.00946. The molecule has 7 nitrogen and oxygen atoms in total. The molecule has 1 saturated heterocycles. The molecule has 4 aliphatic rings. The highest BCUT2D eigenvalue weighted by atomic mass is 16.5. The number of fused-ring (bicyclic) bond motifs is 6. The number of anilines is 2. The van der Waals surface area contributed by atoms with Crippen molar-refractivity contribution in [3.8, 4) is 11.3 Å². The number of allylic oxidation sites excluding steroid dienone is 4. The van der Waals surface area contributed by atoms with E-state index in [-0.39, 0.29) is 23.8 Å². The molecule has 0 spiro atoms. The molecule has 4 aliphatic heterocycles. The van der Waals surface area contributed by atoms with Gasteiger partial charge in [0.25, 0.3) is 11.8 Å². The average Bonchev–Trinajstić information content (AvgIpc) is 3.54. The Kier molecular flexibility index (Phi) is 5.97. The van der Waals surface area contributed by atoms with Crippen LogP contribution in [0.25, 0.3) is 11.3 Å². The molecule has 7 heteroatoms. The third kappa shape index (κ3) is 3.84. The number of benzene rings is 2. The molecule has 5 heterocycles. The van der Waals surface area contributed by atoms with Crippen LogP contribution in [0.4, 0.5) is 11.4 Å². The van der Waals surface area contributed by atoms with Gasteiger partial charge in [0.1, 0.15) is 5.70 Å². The van der Waals surface area contributed by atoms with Crippen LogP contribution in [-0.2, 0) is 16.0 Å². The fraction of sp³-hybridized carbons (Fsp3) is 0.273. The highest BCUT2D eigenvalue weighted by molar-refractivity contribution is 6.14. The first-order chi connectivity index (χ1) is 19.5. The Morgan fingerprint density at radius 1 is 1.07 bits per heavy atom. The lowest BCUT2D eigenvalue weighted by Gasteiger charge is -2.38. The number of amides is 2. The minimum atomic E-state index is -0.206. The van der Waals surface area contributed by atoms with E-state index in [9.17, 15) is 9.59 Å². The third-order valence-electron chi connectivity index (χ3n) is 8.57. The lowest BCUT2D eigenvalue weighted by Crippen LogP contribution is -2.38. The Hall–Kier alpha value is -4.36. The zero-order valence-electron chi connectivity index (χ0n) is 22.6. The molecule has 0 radical (unpaired) electrons. The Bertz CT molecular complexity index is 1590. The van der Waals surface area contributed by atoms with Gasteiger partial charge in [-0.1, -0.05) is 49.1 Å². The second-order valence-electron chi connectivity index (χ2n) is 10.8. The summed E-state index contributed by atoms with van der Waals surface area (Å²) in [6.45, 7) is 8.43. The summed E-state index contributed by atoms with van der Waals surface area (Å²) in [6.07, 6.45) is 8.11. The average molecular weight is 533 g/mol. The van der Waals surface area contributed by atoms with Gasteiger partial charge >= 0.3 is 0 Å². The van der Waals surface area contributed by atoms with Crippen LogP contribution in [0.2, 0.25) is 0 Å². The predicted molar refractivity (Wildman–Crippen MR) is 156 cm³/mol. The number of aromatic amines is 1. The van der Waals surface area contributed by atoms with Crippen molar-refractivity contribution in [1.82, 2.24) is 9.88 Å². The second-order valence-corrected chi connectivity index (χ2v) is 10.8. The van der Waals surface area contributed by atoms with Crippen LogP contribution in [0.5, 0.6) is 0 Å². The number of hydrogen-bond donors (Lipinski definition) is 2. The first-order valence-corrected chi connectivity index (χ1v) is 14.0. The van der Waals surface area contributed by atoms with E-state index in [0.717, 1.165) is 53.0 Å². The highest BCUT2D eigenvalue weighted by Crippen LogP contribution is 2.49. The quantitative estimate of drug-likeness (QED) is 0.408. The molecular weight excluding hydrogens is 500 g/mol. The summed E-state index contributed by atoms with van der Waals surface area (Å²) in [7, 11) is 0. The lowest BCUT2D eigenvalue weighted by atomic mass is 9.91. The first-order valence-electron chi connectivity index (χ1n) is 14.0. The summed E-state index contributed by atoms with van der Waals surface area (Å²) < 4.78 is 5.61. The van der Waals surface area contributed by atoms with Crippen molar-refractivity contribution in [1.29, 1.82) is 0 Å². The summed E-state index contributed by atoms with van der Waals surface area (Å²) in [6, 6.07) is 16.3. The SMILES string of the molecule is C=C(C1CCOCC1)N1/C(=C\C=C/C)C(=O)Nc2cc3c(cc21)C1c2cc(-c4ccccc4)[nH]c2CCN1C3=O. The largest absolute Gasteiger partial charge is 0.381 e. The molecule has 2 aromatic carbocycles. The summed E-state index contributed by atoms with van der Waals surface area (Å²) in [5.41, 5.74) is 9.01. The molecule has 2 amide bonds.